The fourth-order valence-corrected chi connectivity index (χ4v) is 0. The van der Waals surface area contributed by atoms with Crippen LogP contribution in [0.1, 0.15) is 39.5 Å². The molecule has 0 aromatic carbocycles. The van der Waals surface area contributed by atoms with Crippen LogP contribution in [0, 0.1) is 13.8 Å². The van der Waals surface area contributed by atoms with E-state index in [-0.39, 0.29) is 22.4 Å². The minimum absolute atomic E-state index is 0. The van der Waals surface area contributed by atoms with E-state index in [4.69, 9.17) is 0 Å². The van der Waals surface area contributed by atoms with Crippen LogP contribution in [-0.2, 0) is 22.4 Å². The third-order valence-electron chi connectivity index (χ3n) is 0.707. The molecule has 0 rings (SSSR count). The van der Waals surface area contributed by atoms with E-state index in [1.54, 1.807) is 0 Å². The summed E-state index contributed by atoms with van der Waals surface area (Å²) >= 11 is 0. The Labute approximate surface area is 75.9 Å². The molecule has 9 heavy (non-hydrogen) atoms. The number of hydrogen-bond acceptors (Lipinski definition) is 0. The van der Waals surface area contributed by atoms with Gasteiger partial charge in [-0.15, -0.1) is 0 Å². The predicted octanol–water partition coefficient (Wildman–Crippen LogP) is 3.24. The molecule has 0 heterocycles. The Morgan fingerprint density at radius 3 is 1.00 bits per heavy atom. The molecule has 0 aromatic heterocycles. The number of rotatable bonds is 2. The fourth-order valence-electron chi connectivity index (χ4n) is 0. The van der Waals surface area contributed by atoms with E-state index in [9.17, 15) is 0 Å². The van der Waals surface area contributed by atoms with E-state index in [0.717, 1.165) is 12.8 Å². The van der Waals surface area contributed by atoms with Gasteiger partial charge in [0.1, 0.15) is 0 Å². The van der Waals surface area contributed by atoms with Gasteiger partial charge in [0.25, 0.3) is 0 Å². The second-order valence-corrected chi connectivity index (χ2v) is 1.71. The van der Waals surface area contributed by atoms with Gasteiger partial charge < -0.3 is 13.8 Å². The minimum atomic E-state index is 0. The van der Waals surface area contributed by atoms with Gasteiger partial charge in [0, 0.05) is 22.4 Å². The summed E-state index contributed by atoms with van der Waals surface area (Å²) in [6, 6.07) is 0. The monoisotopic (exact) mass is 221 g/mol. The van der Waals surface area contributed by atoms with Crippen LogP contribution >= 0.6 is 0 Å². The van der Waals surface area contributed by atoms with Crippen molar-refractivity contribution in [3.63, 3.8) is 0 Å². The maximum Gasteiger partial charge on any atom is 0 e. The first kappa shape index (κ1) is 16.4. The van der Waals surface area contributed by atoms with Crippen LogP contribution in [0.3, 0.4) is 0 Å². The van der Waals surface area contributed by atoms with Crippen molar-refractivity contribution in [3.8, 4) is 0 Å². The molecular formula is C8H18Ag-2. The van der Waals surface area contributed by atoms with Crippen molar-refractivity contribution in [1.82, 2.24) is 0 Å². The Morgan fingerprint density at radius 2 is 1.00 bits per heavy atom. The zero-order chi connectivity index (χ0) is 6.83. The normalized spacial score (nSPS) is 6.67. The first-order valence-electron chi connectivity index (χ1n) is 3.41. The third-order valence-corrected chi connectivity index (χ3v) is 0.707. The van der Waals surface area contributed by atoms with Gasteiger partial charge in [0.05, 0.1) is 0 Å². The SMILES string of the molecule is [Ag].[CH2-]CCC.[CH2-]CCC. The van der Waals surface area contributed by atoms with Crippen molar-refractivity contribution in [2.24, 2.45) is 0 Å². The average molecular weight is 222 g/mol. The first-order valence-corrected chi connectivity index (χ1v) is 3.41. The summed E-state index contributed by atoms with van der Waals surface area (Å²) in [5, 5.41) is 0. The van der Waals surface area contributed by atoms with Gasteiger partial charge in [0.15, 0.2) is 0 Å². The molecule has 0 spiro atoms. The molecular weight excluding hydrogens is 204 g/mol. The Bertz CT molecular complexity index is 12.5. The summed E-state index contributed by atoms with van der Waals surface area (Å²) in [5.74, 6) is 0. The van der Waals surface area contributed by atoms with Crippen molar-refractivity contribution >= 4 is 0 Å². The number of unbranched alkanes of at least 4 members (excludes halogenated alkanes) is 2. The van der Waals surface area contributed by atoms with Gasteiger partial charge in [0.2, 0.25) is 0 Å². The summed E-state index contributed by atoms with van der Waals surface area (Å²) in [7, 11) is 0. The van der Waals surface area contributed by atoms with Gasteiger partial charge in [-0.25, -0.2) is 0 Å². The minimum Gasteiger partial charge on any atom is -0.343 e. The van der Waals surface area contributed by atoms with Crippen molar-refractivity contribution in [3.05, 3.63) is 13.8 Å². The van der Waals surface area contributed by atoms with Crippen LogP contribution in [0.5, 0.6) is 0 Å². The van der Waals surface area contributed by atoms with E-state index >= 15 is 0 Å². The van der Waals surface area contributed by atoms with Gasteiger partial charge in [-0.2, -0.15) is 12.8 Å². The Kier molecular flexibility index (Phi) is 42.4. The molecule has 0 bridgehead atoms. The topological polar surface area (TPSA) is 0 Å². The van der Waals surface area contributed by atoms with Crippen LogP contribution in [0.2, 0.25) is 0 Å². The Morgan fingerprint density at radius 1 is 0.889 bits per heavy atom. The van der Waals surface area contributed by atoms with Gasteiger partial charge in [-0.3, -0.25) is 0 Å². The van der Waals surface area contributed by atoms with Crippen LogP contribution in [0.4, 0.5) is 0 Å². The van der Waals surface area contributed by atoms with Crippen molar-refractivity contribution < 1.29 is 22.4 Å². The van der Waals surface area contributed by atoms with Crippen LogP contribution < -0.4 is 0 Å². The standard InChI is InChI=1S/2C4H9.Ag/c2*1-3-4-2;/h2*1,3-4H2,2H3;/q2*-1;. The summed E-state index contributed by atoms with van der Waals surface area (Å²) in [5.41, 5.74) is 0. The first-order chi connectivity index (χ1) is 3.83. The molecule has 0 amide bonds. The summed E-state index contributed by atoms with van der Waals surface area (Å²) in [6.07, 6.45) is 4.56. The van der Waals surface area contributed by atoms with E-state index in [1.165, 1.54) is 12.8 Å². The summed E-state index contributed by atoms with van der Waals surface area (Å²) in [6.45, 7) is 11.4. The molecule has 0 N–H and O–H groups in total. The maximum atomic E-state index is 3.60. The smallest absolute Gasteiger partial charge is 0 e. The molecule has 63 valence electrons. The molecule has 0 aliphatic rings. The average Bonchev–Trinajstić information content (AvgIpc) is 1.88. The molecule has 0 saturated heterocycles. The van der Waals surface area contributed by atoms with E-state index in [0.29, 0.717) is 0 Å². The molecule has 0 fully saturated rings. The zero-order valence-electron chi connectivity index (χ0n) is 6.54. The second kappa shape index (κ2) is 23.3. The van der Waals surface area contributed by atoms with Crippen molar-refractivity contribution in [2.75, 3.05) is 0 Å². The van der Waals surface area contributed by atoms with E-state index in [2.05, 4.69) is 27.7 Å². The van der Waals surface area contributed by atoms with Gasteiger partial charge >= 0.3 is 0 Å². The summed E-state index contributed by atoms with van der Waals surface area (Å²) in [4.78, 5) is 0. The molecule has 0 aliphatic carbocycles. The fraction of sp³-hybridized carbons (Fsp3) is 0.750. The number of hydrogen-bond donors (Lipinski definition) is 0. The van der Waals surface area contributed by atoms with Crippen molar-refractivity contribution in [2.45, 2.75) is 39.5 Å². The summed E-state index contributed by atoms with van der Waals surface area (Å²) < 4.78 is 0. The van der Waals surface area contributed by atoms with E-state index < -0.39 is 0 Å². The predicted molar refractivity (Wildman–Crippen MR) is 40.5 cm³/mol. The molecule has 1 radical (unpaired) electrons. The quantitative estimate of drug-likeness (QED) is 0.497. The Hall–Kier alpha value is 0.740. The van der Waals surface area contributed by atoms with Crippen LogP contribution in [0.15, 0.2) is 0 Å². The third kappa shape index (κ3) is 52.9. The van der Waals surface area contributed by atoms with Gasteiger partial charge in [-0.1, -0.05) is 26.7 Å². The van der Waals surface area contributed by atoms with Gasteiger partial charge in [-0.05, 0) is 0 Å². The van der Waals surface area contributed by atoms with E-state index in [1.807, 2.05) is 0 Å². The molecule has 0 aliphatic heterocycles. The molecule has 0 aromatic rings. The molecule has 0 nitrogen and oxygen atoms in total. The van der Waals surface area contributed by atoms with Crippen molar-refractivity contribution in [1.29, 1.82) is 0 Å². The largest absolute Gasteiger partial charge is 0.343 e. The molecule has 0 unspecified atom stereocenters. The maximum absolute atomic E-state index is 3.60. The second-order valence-electron chi connectivity index (χ2n) is 1.71. The molecule has 0 saturated carbocycles. The zero-order valence-corrected chi connectivity index (χ0v) is 8.03. The van der Waals surface area contributed by atoms with Crippen LogP contribution in [0.25, 0.3) is 0 Å². The molecule has 1 heteroatoms. The Balaban J connectivity index is -0.0000000720. The molecule has 0 atom stereocenters. The van der Waals surface area contributed by atoms with Crippen LogP contribution in [-0.4, -0.2) is 0 Å².